The minimum Gasteiger partial charge on any atom is -0.450 e. The van der Waals surface area contributed by atoms with Crippen LogP contribution in [0.3, 0.4) is 0 Å². The van der Waals surface area contributed by atoms with Gasteiger partial charge in [0.1, 0.15) is 5.58 Å². The van der Waals surface area contributed by atoms with Crippen LogP contribution in [-0.2, 0) is 0 Å². The molecule has 0 saturated heterocycles. The highest BCUT2D eigenvalue weighted by molar-refractivity contribution is 6.11. The summed E-state index contributed by atoms with van der Waals surface area (Å²) in [5.74, 6) is 0.664. The second-order valence-electron chi connectivity index (χ2n) is 7.10. The van der Waals surface area contributed by atoms with Crippen LogP contribution in [0.5, 0.6) is 0 Å². The van der Waals surface area contributed by atoms with Gasteiger partial charge in [0.25, 0.3) is 5.91 Å². The average molecular weight is 357 g/mol. The quantitative estimate of drug-likeness (QED) is 0.444. The fourth-order valence-corrected chi connectivity index (χ4v) is 3.48. The normalized spacial score (nSPS) is 12.4. The van der Waals surface area contributed by atoms with Crippen molar-refractivity contribution in [2.75, 3.05) is 5.32 Å². The Balaban J connectivity index is 1.66. The van der Waals surface area contributed by atoms with Crippen molar-refractivity contribution in [2.45, 2.75) is 33.1 Å². The first kappa shape index (κ1) is 17.3. The summed E-state index contributed by atoms with van der Waals surface area (Å²) in [5, 5.41) is 6.06. The molecule has 136 valence electrons. The van der Waals surface area contributed by atoms with Crippen LogP contribution in [0.4, 0.5) is 5.69 Å². The van der Waals surface area contributed by atoms with Crippen molar-refractivity contribution in [3.05, 3.63) is 77.6 Å². The van der Waals surface area contributed by atoms with Crippen LogP contribution in [0.25, 0.3) is 21.7 Å². The zero-order chi connectivity index (χ0) is 19.0. The molecule has 0 saturated carbocycles. The molecule has 4 aromatic rings. The fourth-order valence-electron chi connectivity index (χ4n) is 3.48. The SMILES string of the molecule is CC[C@@H](C)c1ccc(NC(=O)c2oc3c(ccc4ccccc43)c2C)cc1. The maximum Gasteiger partial charge on any atom is 0.291 e. The second kappa shape index (κ2) is 6.92. The first-order chi connectivity index (χ1) is 13.1. The molecule has 0 fully saturated rings. The zero-order valence-corrected chi connectivity index (χ0v) is 15.9. The monoisotopic (exact) mass is 357 g/mol. The molecule has 1 amide bonds. The first-order valence-corrected chi connectivity index (χ1v) is 9.40. The van der Waals surface area contributed by atoms with Crippen molar-refractivity contribution in [2.24, 2.45) is 0 Å². The summed E-state index contributed by atoms with van der Waals surface area (Å²) in [6.45, 7) is 6.31. The predicted molar refractivity (Wildman–Crippen MR) is 112 cm³/mol. The van der Waals surface area contributed by atoms with Gasteiger partial charge in [-0.15, -0.1) is 0 Å². The van der Waals surface area contributed by atoms with E-state index in [1.165, 1.54) is 5.56 Å². The standard InChI is InChI=1S/C24H23NO2/c1-4-15(2)17-9-12-19(13-10-17)25-24(26)22-16(3)20-14-11-18-7-5-6-8-21(18)23(20)27-22/h5-15H,4H2,1-3H3,(H,25,26)/t15-/m1/s1. The molecule has 3 heteroatoms. The lowest BCUT2D eigenvalue weighted by atomic mass is 9.98. The Hall–Kier alpha value is -3.07. The van der Waals surface area contributed by atoms with Crippen LogP contribution in [0.15, 0.2) is 65.1 Å². The molecule has 1 N–H and O–H groups in total. The lowest BCUT2D eigenvalue weighted by molar-refractivity contribution is 0.0998. The van der Waals surface area contributed by atoms with Gasteiger partial charge in [0, 0.05) is 22.0 Å². The van der Waals surface area contributed by atoms with E-state index in [1.807, 2.05) is 49.4 Å². The number of benzene rings is 3. The van der Waals surface area contributed by atoms with Crippen LogP contribution in [0.1, 0.15) is 47.9 Å². The number of amides is 1. The Morgan fingerprint density at radius 2 is 1.74 bits per heavy atom. The Morgan fingerprint density at radius 3 is 2.48 bits per heavy atom. The van der Waals surface area contributed by atoms with Crippen molar-refractivity contribution in [3.8, 4) is 0 Å². The van der Waals surface area contributed by atoms with E-state index >= 15 is 0 Å². The van der Waals surface area contributed by atoms with E-state index in [2.05, 4.69) is 37.4 Å². The van der Waals surface area contributed by atoms with Gasteiger partial charge in [0.2, 0.25) is 0 Å². The van der Waals surface area contributed by atoms with E-state index in [4.69, 9.17) is 4.42 Å². The van der Waals surface area contributed by atoms with Gasteiger partial charge in [-0.25, -0.2) is 0 Å². The lowest BCUT2D eigenvalue weighted by Gasteiger charge is -2.10. The molecule has 1 atom stereocenters. The number of carbonyl (C=O) groups is 1. The Kier molecular flexibility index (Phi) is 4.44. The number of hydrogen-bond donors (Lipinski definition) is 1. The maximum absolute atomic E-state index is 12.8. The molecule has 4 rings (SSSR count). The van der Waals surface area contributed by atoms with E-state index in [9.17, 15) is 4.79 Å². The molecule has 3 nitrogen and oxygen atoms in total. The highest BCUT2D eigenvalue weighted by atomic mass is 16.3. The van der Waals surface area contributed by atoms with Crippen LogP contribution in [0.2, 0.25) is 0 Å². The molecule has 1 heterocycles. The van der Waals surface area contributed by atoms with Gasteiger partial charge >= 0.3 is 0 Å². The summed E-state index contributed by atoms with van der Waals surface area (Å²) in [6, 6.07) is 20.2. The van der Waals surface area contributed by atoms with Gasteiger partial charge in [-0.1, -0.05) is 62.4 Å². The maximum atomic E-state index is 12.8. The molecular weight excluding hydrogens is 334 g/mol. The van der Waals surface area contributed by atoms with Crippen LogP contribution >= 0.6 is 0 Å². The number of furan rings is 1. The van der Waals surface area contributed by atoms with Gasteiger partial charge in [0.05, 0.1) is 0 Å². The summed E-state index contributed by atoms with van der Waals surface area (Å²) < 4.78 is 6.01. The van der Waals surface area contributed by atoms with Crippen molar-refractivity contribution in [1.29, 1.82) is 0 Å². The molecule has 0 unspecified atom stereocenters. The number of fused-ring (bicyclic) bond motifs is 3. The number of rotatable bonds is 4. The fraction of sp³-hybridized carbons (Fsp3) is 0.208. The molecule has 0 aliphatic heterocycles. The van der Waals surface area contributed by atoms with Crippen molar-refractivity contribution < 1.29 is 9.21 Å². The molecule has 27 heavy (non-hydrogen) atoms. The largest absolute Gasteiger partial charge is 0.450 e. The number of hydrogen-bond acceptors (Lipinski definition) is 2. The predicted octanol–water partition coefficient (Wildman–Crippen LogP) is 6.66. The topological polar surface area (TPSA) is 42.2 Å². The van der Waals surface area contributed by atoms with Crippen LogP contribution in [0, 0.1) is 6.92 Å². The lowest BCUT2D eigenvalue weighted by Crippen LogP contribution is -2.12. The van der Waals surface area contributed by atoms with Gasteiger partial charge < -0.3 is 9.73 Å². The molecule has 0 spiro atoms. The third-order valence-electron chi connectivity index (χ3n) is 5.38. The van der Waals surface area contributed by atoms with Gasteiger partial charge in [0.15, 0.2) is 5.76 Å². The van der Waals surface area contributed by atoms with E-state index in [0.717, 1.165) is 39.4 Å². The number of aryl methyl sites for hydroxylation is 1. The Labute approximate surface area is 159 Å². The molecule has 0 aliphatic carbocycles. The van der Waals surface area contributed by atoms with Gasteiger partial charge in [-0.05, 0) is 42.3 Å². The number of anilines is 1. The minimum absolute atomic E-state index is 0.218. The molecule has 0 aliphatic rings. The second-order valence-corrected chi connectivity index (χ2v) is 7.10. The van der Waals surface area contributed by atoms with Crippen molar-refractivity contribution >= 4 is 33.3 Å². The molecule has 0 radical (unpaired) electrons. The summed E-state index contributed by atoms with van der Waals surface area (Å²) in [7, 11) is 0. The molecular formula is C24H23NO2. The van der Waals surface area contributed by atoms with Gasteiger partial charge in [-0.3, -0.25) is 4.79 Å². The zero-order valence-electron chi connectivity index (χ0n) is 15.9. The molecule has 0 bridgehead atoms. The summed E-state index contributed by atoms with van der Waals surface area (Å²) >= 11 is 0. The van der Waals surface area contributed by atoms with Gasteiger partial charge in [-0.2, -0.15) is 0 Å². The molecule has 1 aromatic heterocycles. The summed E-state index contributed by atoms with van der Waals surface area (Å²) in [6.07, 6.45) is 1.10. The van der Waals surface area contributed by atoms with E-state index in [1.54, 1.807) is 0 Å². The van der Waals surface area contributed by atoms with Crippen molar-refractivity contribution in [3.63, 3.8) is 0 Å². The number of nitrogens with one attached hydrogen (secondary N) is 1. The molecule has 3 aromatic carbocycles. The Bertz CT molecular complexity index is 1120. The Morgan fingerprint density at radius 1 is 1.00 bits per heavy atom. The summed E-state index contributed by atoms with van der Waals surface area (Å²) in [4.78, 5) is 12.8. The van der Waals surface area contributed by atoms with Crippen LogP contribution < -0.4 is 5.32 Å². The van der Waals surface area contributed by atoms with E-state index in [0.29, 0.717) is 11.7 Å². The smallest absolute Gasteiger partial charge is 0.291 e. The van der Waals surface area contributed by atoms with Crippen LogP contribution in [-0.4, -0.2) is 5.91 Å². The summed E-state index contributed by atoms with van der Waals surface area (Å²) in [5.41, 5.74) is 3.69. The van der Waals surface area contributed by atoms with E-state index < -0.39 is 0 Å². The third kappa shape index (κ3) is 3.10. The highest BCUT2D eigenvalue weighted by Crippen LogP contribution is 2.32. The van der Waals surface area contributed by atoms with E-state index in [-0.39, 0.29) is 5.91 Å². The average Bonchev–Trinajstić information content (AvgIpc) is 3.05. The first-order valence-electron chi connectivity index (χ1n) is 9.40. The number of carbonyl (C=O) groups excluding carboxylic acids is 1. The highest BCUT2D eigenvalue weighted by Gasteiger charge is 2.19. The third-order valence-corrected chi connectivity index (χ3v) is 5.38. The van der Waals surface area contributed by atoms with Crippen molar-refractivity contribution in [1.82, 2.24) is 0 Å². The minimum atomic E-state index is -0.218.